The van der Waals surface area contributed by atoms with Crippen LogP contribution < -0.4 is 5.43 Å². The topological polar surface area (TPSA) is 22.0 Å². The highest BCUT2D eigenvalue weighted by atomic mass is 35.5. The largest absolute Gasteiger partial charge is 0.321 e. The van der Waals surface area contributed by atoms with Gasteiger partial charge in [0.05, 0.1) is 0 Å². The van der Waals surface area contributed by atoms with Crippen molar-refractivity contribution in [2.45, 2.75) is 39.5 Å². The zero-order valence-electron chi connectivity index (χ0n) is 16.0. The van der Waals surface area contributed by atoms with Crippen molar-refractivity contribution in [1.29, 1.82) is 0 Å². The lowest BCUT2D eigenvalue weighted by Gasteiger charge is -2.20. The fraction of sp³-hybridized carbons (Fsp3) is 0.261. The fourth-order valence-electron chi connectivity index (χ4n) is 3.17. The van der Waals surface area contributed by atoms with Gasteiger partial charge >= 0.3 is 0 Å². The maximum atomic E-state index is 12.5. The van der Waals surface area contributed by atoms with Crippen molar-refractivity contribution >= 4 is 23.2 Å². The van der Waals surface area contributed by atoms with Gasteiger partial charge in [-0.15, -0.1) is 0 Å². The summed E-state index contributed by atoms with van der Waals surface area (Å²) in [6, 6.07) is 15.4. The summed E-state index contributed by atoms with van der Waals surface area (Å²) in [5, 5.41) is 1.15. The molecule has 27 heavy (non-hydrogen) atoms. The molecule has 0 unspecified atom stereocenters. The minimum Gasteiger partial charge on any atom is -0.321 e. The van der Waals surface area contributed by atoms with E-state index in [1.54, 1.807) is 24.3 Å². The Morgan fingerprint density at radius 2 is 1.48 bits per heavy atom. The molecule has 4 heteroatoms. The lowest BCUT2D eigenvalue weighted by molar-refractivity contribution is 0.590. The first-order valence-corrected chi connectivity index (χ1v) is 9.69. The molecule has 0 bridgehead atoms. The zero-order chi connectivity index (χ0) is 19.8. The van der Waals surface area contributed by atoms with Gasteiger partial charge in [-0.25, -0.2) is 0 Å². The second-order valence-electron chi connectivity index (χ2n) is 7.79. The molecular formula is C23H23Cl2NO. The van der Waals surface area contributed by atoms with Gasteiger partial charge in [0.2, 0.25) is 0 Å². The quantitative estimate of drug-likeness (QED) is 0.503. The molecule has 0 spiro atoms. The van der Waals surface area contributed by atoms with Gasteiger partial charge in [-0.1, -0.05) is 62.2 Å². The lowest BCUT2D eigenvalue weighted by Crippen LogP contribution is -2.16. The Labute approximate surface area is 170 Å². The molecule has 2 aromatic carbocycles. The van der Waals surface area contributed by atoms with E-state index >= 15 is 0 Å². The van der Waals surface area contributed by atoms with Gasteiger partial charge in [-0.2, -0.15) is 0 Å². The fourth-order valence-corrected chi connectivity index (χ4v) is 3.70. The SMILES string of the molecule is Cc1c(Cc2c(Cl)cccc2Cl)c(=O)ccn1-c1ccc(C(C)(C)C)cc1. The van der Waals surface area contributed by atoms with E-state index in [1.165, 1.54) is 5.56 Å². The van der Waals surface area contributed by atoms with Gasteiger partial charge in [0.15, 0.2) is 5.43 Å². The Kier molecular flexibility index (Phi) is 5.50. The van der Waals surface area contributed by atoms with Crippen LogP contribution in [0.3, 0.4) is 0 Å². The smallest absolute Gasteiger partial charge is 0.185 e. The standard InChI is InChI=1S/C23H23Cl2NO/c1-15-18(14-19-20(24)6-5-7-21(19)25)22(27)12-13-26(15)17-10-8-16(9-11-17)23(2,3)4/h5-13H,14H2,1-4H3. The number of nitrogens with zero attached hydrogens (tertiary/aromatic N) is 1. The molecule has 0 saturated carbocycles. The van der Waals surface area contributed by atoms with Crippen molar-refractivity contribution in [3.8, 4) is 5.69 Å². The van der Waals surface area contributed by atoms with E-state index in [0.717, 1.165) is 16.9 Å². The van der Waals surface area contributed by atoms with Gasteiger partial charge in [-0.3, -0.25) is 4.79 Å². The van der Waals surface area contributed by atoms with Gasteiger partial charge in [0.25, 0.3) is 0 Å². The Morgan fingerprint density at radius 3 is 2.04 bits per heavy atom. The number of hydrogen-bond acceptors (Lipinski definition) is 1. The van der Waals surface area contributed by atoms with Crippen LogP contribution in [-0.4, -0.2) is 4.57 Å². The lowest BCUT2D eigenvalue weighted by atomic mass is 9.87. The second kappa shape index (κ2) is 7.53. The minimum absolute atomic E-state index is 0.00829. The van der Waals surface area contributed by atoms with Crippen LogP contribution in [0.15, 0.2) is 59.5 Å². The molecule has 0 atom stereocenters. The summed E-state index contributed by atoms with van der Waals surface area (Å²) in [5.41, 5.74) is 4.76. The molecular weight excluding hydrogens is 377 g/mol. The van der Waals surface area contributed by atoms with Gasteiger partial charge < -0.3 is 4.57 Å². The van der Waals surface area contributed by atoms with Crippen molar-refractivity contribution in [3.63, 3.8) is 0 Å². The van der Waals surface area contributed by atoms with E-state index in [1.807, 2.05) is 17.7 Å². The molecule has 0 aliphatic carbocycles. The molecule has 0 aliphatic heterocycles. The molecule has 3 rings (SSSR count). The summed E-state index contributed by atoms with van der Waals surface area (Å²) in [6.07, 6.45) is 2.23. The van der Waals surface area contributed by atoms with E-state index in [-0.39, 0.29) is 10.8 Å². The number of hydrogen-bond donors (Lipinski definition) is 0. The normalized spacial score (nSPS) is 11.6. The molecule has 0 radical (unpaired) electrons. The molecule has 1 heterocycles. The van der Waals surface area contributed by atoms with Crippen LogP contribution in [0.1, 0.15) is 43.2 Å². The summed E-state index contributed by atoms with van der Waals surface area (Å²) < 4.78 is 2.04. The van der Waals surface area contributed by atoms with Crippen LogP contribution in [-0.2, 0) is 11.8 Å². The van der Waals surface area contributed by atoms with E-state index in [2.05, 4.69) is 45.0 Å². The van der Waals surface area contributed by atoms with Crippen molar-refractivity contribution in [3.05, 3.63) is 97.4 Å². The molecule has 0 N–H and O–H groups in total. The second-order valence-corrected chi connectivity index (χ2v) is 8.60. The Bertz CT molecular complexity index is 1010. The van der Waals surface area contributed by atoms with E-state index in [4.69, 9.17) is 23.2 Å². The maximum absolute atomic E-state index is 12.5. The van der Waals surface area contributed by atoms with E-state index < -0.39 is 0 Å². The molecule has 140 valence electrons. The summed E-state index contributed by atoms with van der Waals surface area (Å²) in [7, 11) is 0. The van der Waals surface area contributed by atoms with Gasteiger partial charge in [-0.05, 0) is 47.7 Å². The van der Waals surface area contributed by atoms with Gasteiger partial charge in [0.1, 0.15) is 0 Å². The maximum Gasteiger partial charge on any atom is 0.185 e. The summed E-state index contributed by atoms with van der Waals surface area (Å²) in [6.45, 7) is 8.54. The molecule has 2 nitrogen and oxygen atoms in total. The number of halogens is 2. The van der Waals surface area contributed by atoms with Crippen LogP contribution in [0.4, 0.5) is 0 Å². The molecule has 1 aromatic heterocycles. The third kappa shape index (κ3) is 4.12. The molecule has 0 fully saturated rings. The van der Waals surface area contributed by atoms with Crippen molar-refractivity contribution < 1.29 is 0 Å². The van der Waals surface area contributed by atoms with Crippen LogP contribution in [0, 0.1) is 6.92 Å². The molecule has 0 aliphatic rings. The third-order valence-electron chi connectivity index (χ3n) is 4.90. The third-order valence-corrected chi connectivity index (χ3v) is 5.61. The highest BCUT2D eigenvalue weighted by Gasteiger charge is 2.15. The summed E-state index contributed by atoms with van der Waals surface area (Å²) in [5.74, 6) is 0. The average Bonchev–Trinajstić information content (AvgIpc) is 2.60. The summed E-state index contributed by atoms with van der Waals surface area (Å²) in [4.78, 5) is 12.5. The first-order valence-electron chi connectivity index (χ1n) is 8.93. The first kappa shape index (κ1) is 19.7. The minimum atomic E-state index is -0.00829. The highest BCUT2D eigenvalue weighted by molar-refractivity contribution is 6.36. The number of benzene rings is 2. The highest BCUT2D eigenvalue weighted by Crippen LogP contribution is 2.28. The van der Waals surface area contributed by atoms with Crippen molar-refractivity contribution in [1.82, 2.24) is 4.57 Å². The Balaban J connectivity index is 2.05. The van der Waals surface area contributed by atoms with Gasteiger partial charge in [0, 0.05) is 45.7 Å². The van der Waals surface area contributed by atoms with Crippen LogP contribution in [0.25, 0.3) is 5.69 Å². The monoisotopic (exact) mass is 399 g/mol. The van der Waals surface area contributed by atoms with Crippen molar-refractivity contribution in [2.24, 2.45) is 0 Å². The first-order chi connectivity index (χ1) is 12.7. The van der Waals surface area contributed by atoms with Crippen LogP contribution in [0.2, 0.25) is 10.0 Å². The number of rotatable bonds is 3. The van der Waals surface area contributed by atoms with E-state index in [9.17, 15) is 4.79 Å². The molecule has 0 amide bonds. The number of pyridine rings is 1. The Morgan fingerprint density at radius 1 is 0.889 bits per heavy atom. The average molecular weight is 400 g/mol. The molecule has 3 aromatic rings. The van der Waals surface area contributed by atoms with Crippen LogP contribution in [0.5, 0.6) is 0 Å². The van der Waals surface area contributed by atoms with Crippen molar-refractivity contribution in [2.75, 3.05) is 0 Å². The van der Waals surface area contributed by atoms with E-state index in [0.29, 0.717) is 22.0 Å². The Hall–Kier alpha value is -2.03. The zero-order valence-corrected chi connectivity index (χ0v) is 17.5. The predicted molar refractivity (Wildman–Crippen MR) is 115 cm³/mol. The summed E-state index contributed by atoms with van der Waals surface area (Å²) >= 11 is 12.6. The molecule has 0 saturated heterocycles. The van der Waals surface area contributed by atoms with Crippen LogP contribution >= 0.6 is 23.2 Å². The predicted octanol–water partition coefficient (Wildman–Crippen LogP) is 6.34. The number of aromatic nitrogens is 1.